The van der Waals surface area contributed by atoms with Crippen molar-refractivity contribution in [2.75, 3.05) is 5.32 Å². The number of amides is 1. The molecule has 4 aromatic heterocycles. The lowest BCUT2D eigenvalue weighted by molar-refractivity contribution is -0.116. The number of fused-ring (bicyclic) bond motifs is 2. The van der Waals surface area contributed by atoms with E-state index >= 15 is 0 Å². The average Bonchev–Trinajstić information content (AvgIpc) is 3.49. The summed E-state index contributed by atoms with van der Waals surface area (Å²) in [5, 5.41) is 7.75. The molecule has 4 aromatic rings. The summed E-state index contributed by atoms with van der Waals surface area (Å²) in [5.74, 6) is 0.111. The number of hydrogen-bond donors (Lipinski definition) is 1. The number of anilines is 1. The number of aromatic nitrogens is 4. The van der Waals surface area contributed by atoms with Crippen LogP contribution in [0.1, 0.15) is 39.9 Å². The van der Waals surface area contributed by atoms with Crippen LogP contribution < -0.4 is 10.9 Å². The maximum atomic E-state index is 13.2. The molecule has 0 saturated heterocycles. The van der Waals surface area contributed by atoms with E-state index in [1.165, 1.54) is 39.4 Å². The zero-order valence-corrected chi connectivity index (χ0v) is 18.4. The van der Waals surface area contributed by atoms with Crippen LogP contribution in [0.4, 0.5) is 5.00 Å². The lowest BCUT2D eigenvalue weighted by Crippen LogP contribution is -2.28. The molecule has 5 rings (SSSR count). The Morgan fingerprint density at radius 1 is 1.38 bits per heavy atom. The molecule has 0 aromatic carbocycles. The van der Waals surface area contributed by atoms with Gasteiger partial charge in [-0.15, -0.1) is 11.3 Å². The number of carbonyl (C=O) groups is 2. The molecule has 0 aliphatic heterocycles. The molecule has 10 heteroatoms. The molecule has 0 fully saturated rings. The molecule has 1 amide bonds. The molecule has 32 heavy (non-hydrogen) atoms. The SMILES string of the molecule is CC1CCc2c(sc(NC(=O)Cn3cnc4c(cnn4C)c3=O)c2C(=O)c2ccco2)C1. The van der Waals surface area contributed by atoms with Crippen molar-refractivity contribution in [2.45, 2.75) is 32.7 Å². The van der Waals surface area contributed by atoms with Crippen LogP contribution in [0.2, 0.25) is 0 Å². The molecule has 0 spiro atoms. The fourth-order valence-corrected chi connectivity index (χ4v) is 5.53. The zero-order chi connectivity index (χ0) is 22.4. The van der Waals surface area contributed by atoms with Gasteiger partial charge in [0.1, 0.15) is 23.3 Å². The van der Waals surface area contributed by atoms with Crippen molar-refractivity contribution in [1.82, 2.24) is 19.3 Å². The minimum atomic E-state index is -0.405. The van der Waals surface area contributed by atoms with Crippen LogP contribution in [0, 0.1) is 5.92 Å². The van der Waals surface area contributed by atoms with Gasteiger partial charge in [0.25, 0.3) is 5.56 Å². The minimum Gasteiger partial charge on any atom is -0.461 e. The van der Waals surface area contributed by atoms with Gasteiger partial charge in [0.15, 0.2) is 11.4 Å². The predicted molar refractivity (Wildman–Crippen MR) is 119 cm³/mol. The van der Waals surface area contributed by atoms with Crippen LogP contribution in [-0.4, -0.2) is 31.0 Å². The van der Waals surface area contributed by atoms with Gasteiger partial charge in [-0.1, -0.05) is 6.92 Å². The van der Waals surface area contributed by atoms with Crippen LogP contribution in [0.5, 0.6) is 0 Å². The fraction of sp³-hybridized carbons (Fsp3) is 0.318. The molecule has 1 unspecified atom stereocenters. The second kappa shape index (κ2) is 7.86. The van der Waals surface area contributed by atoms with E-state index < -0.39 is 5.91 Å². The lowest BCUT2D eigenvalue weighted by atomic mass is 9.87. The molecule has 0 bridgehead atoms. The third kappa shape index (κ3) is 3.46. The van der Waals surface area contributed by atoms with Crippen molar-refractivity contribution in [3.8, 4) is 0 Å². The van der Waals surface area contributed by atoms with Gasteiger partial charge in [0.2, 0.25) is 11.7 Å². The number of rotatable bonds is 5. The number of nitrogens with one attached hydrogen (secondary N) is 1. The predicted octanol–water partition coefficient (Wildman–Crippen LogP) is 2.78. The highest BCUT2D eigenvalue weighted by Gasteiger charge is 2.30. The summed E-state index contributed by atoms with van der Waals surface area (Å²) in [6, 6.07) is 3.29. The molecule has 1 aliphatic carbocycles. The minimum absolute atomic E-state index is 0.218. The van der Waals surface area contributed by atoms with Gasteiger partial charge in [-0.05, 0) is 42.9 Å². The van der Waals surface area contributed by atoms with Gasteiger partial charge in [-0.2, -0.15) is 5.10 Å². The van der Waals surface area contributed by atoms with Gasteiger partial charge in [0.05, 0.1) is 18.0 Å². The Morgan fingerprint density at radius 2 is 2.22 bits per heavy atom. The normalized spacial score (nSPS) is 15.6. The van der Waals surface area contributed by atoms with E-state index in [2.05, 4.69) is 22.3 Å². The quantitative estimate of drug-likeness (QED) is 0.467. The largest absolute Gasteiger partial charge is 0.461 e. The van der Waals surface area contributed by atoms with Crippen LogP contribution >= 0.6 is 11.3 Å². The topological polar surface area (TPSA) is 112 Å². The molecular weight excluding hydrogens is 430 g/mol. The molecule has 1 atom stereocenters. The summed E-state index contributed by atoms with van der Waals surface area (Å²) in [7, 11) is 1.70. The first kappa shape index (κ1) is 20.4. The van der Waals surface area contributed by atoms with E-state index in [1.807, 2.05) is 0 Å². The molecule has 164 valence electrons. The van der Waals surface area contributed by atoms with Crippen molar-refractivity contribution in [3.05, 3.63) is 63.0 Å². The molecule has 9 nitrogen and oxygen atoms in total. The Kier molecular flexibility index (Phi) is 5.01. The smallest absolute Gasteiger partial charge is 0.264 e. The molecule has 0 radical (unpaired) electrons. The van der Waals surface area contributed by atoms with Gasteiger partial charge < -0.3 is 9.73 Å². The second-order valence-corrected chi connectivity index (χ2v) is 9.20. The van der Waals surface area contributed by atoms with Crippen LogP contribution in [0.3, 0.4) is 0 Å². The van der Waals surface area contributed by atoms with E-state index in [-0.39, 0.29) is 23.6 Å². The van der Waals surface area contributed by atoms with Crippen LogP contribution in [0.25, 0.3) is 11.0 Å². The van der Waals surface area contributed by atoms with E-state index in [0.717, 1.165) is 29.7 Å². The Morgan fingerprint density at radius 3 is 3.00 bits per heavy atom. The highest BCUT2D eigenvalue weighted by atomic mass is 32.1. The van der Waals surface area contributed by atoms with Crippen molar-refractivity contribution >= 4 is 39.1 Å². The molecule has 1 aliphatic rings. The van der Waals surface area contributed by atoms with E-state index in [9.17, 15) is 14.4 Å². The van der Waals surface area contributed by atoms with Gasteiger partial charge in [0, 0.05) is 11.9 Å². The monoisotopic (exact) mass is 451 g/mol. The Labute approximate surface area is 186 Å². The van der Waals surface area contributed by atoms with Gasteiger partial charge in [-0.3, -0.25) is 23.6 Å². The van der Waals surface area contributed by atoms with Crippen molar-refractivity contribution in [3.63, 3.8) is 0 Å². The number of furan rings is 1. The first-order chi connectivity index (χ1) is 15.4. The number of ketones is 1. The second-order valence-electron chi connectivity index (χ2n) is 8.09. The molecular formula is C22H21N5O4S. The number of carbonyl (C=O) groups excluding carboxylic acids is 2. The van der Waals surface area contributed by atoms with Crippen molar-refractivity contribution in [1.29, 1.82) is 0 Å². The summed E-state index contributed by atoms with van der Waals surface area (Å²) >= 11 is 1.43. The van der Waals surface area contributed by atoms with Crippen LogP contribution in [0.15, 0.2) is 40.1 Å². The first-order valence-electron chi connectivity index (χ1n) is 10.3. The summed E-state index contributed by atoms with van der Waals surface area (Å²) in [6.07, 6.45) is 6.87. The maximum Gasteiger partial charge on any atom is 0.264 e. The highest BCUT2D eigenvalue weighted by Crippen LogP contribution is 2.40. The highest BCUT2D eigenvalue weighted by molar-refractivity contribution is 7.17. The Hall–Kier alpha value is -3.53. The summed E-state index contributed by atoms with van der Waals surface area (Å²) in [6.45, 7) is 1.97. The number of hydrogen-bond acceptors (Lipinski definition) is 7. The first-order valence-corrected chi connectivity index (χ1v) is 11.1. The van der Waals surface area contributed by atoms with E-state index in [4.69, 9.17) is 4.42 Å². The summed E-state index contributed by atoms with van der Waals surface area (Å²) < 4.78 is 8.07. The Balaban J connectivity index is 1.46. The van der Waals surface area contributed by atoms with Gasteiger partial charge in [-0.25, -0.2) is 4.98 Å². The fourth-order valence-electron chi connectivity index (χ4n) is 4.11. The summed E-state index contributed by atoms with van der Waals surface area (Å²) in [5.41, 5.74) is 1.59. The third-order valence-corrected chi connectivity index (χ3v) is 6.94. The molecule has 1 N–H and O–H groups in total. The Bertz CT molecular complexity index is 1400. The third-order valence-electron chi connectivity index (χ3n) is 5.77. The average molecular weight is 452 g/mol. The van der Waals surface area contributed by atoms with Crippen LogP contribution in [-0.2, 0) is 31.2 Å². The number of aryl methyl sites for hydroxylation is 1. The number of thiophene rings is 1. The lowest BCUT2D eigenvalue weighted by Gasteiger charge is -2.18. The van der Waals surface area contributed by atoms with Crippen molar-refractivity contribution < 1.29 is 14.0 Å². The number of nitrogens with zero attached hydrogens (tertiary/aromatic N) is 4. The zero-order valence-electron chi connectivity index (χ0n) is 17.6. The standard InChI is InChI=1S/C22H21N5O4S/c1-12-5-6-13-16(8-12)32-21(18(13)19(29)15-4-3-7-31-15)25-17(28)10-27-11-23-20-14(22(27)30)9-24-26(20)2/h3-4,7,9,11-12H,5-6,8,10H2,1-2H3,(H,25,28). The van der Waals surface area contributed by atoms with E-state index in [0.29, 0.717) is 27.5 Å². The maximum absolute atomic E-state index is 13.2. The molecule has 0 saturated carbocycles. The summed E-state index contributed by atoms with van der Waals surface area (Å²) in [4.78, 5) is 44.1. The van der Waals surface area contributed by atoms with E-state index in [1.54, 1.807) is 19.2 Å². The van der Waals surface area contributed by atoms with Gasteiger partial charge >= 0.3 is 0 Å². The van der Waals surface area contributed by atoms with Crippen molar-refractivity contribution in [2.24, 2.45) is 13.0 Å². The molecule has 4 heterocycles.